The number of fused-ring (bicyclic) bond motifs is 1. The summed E-state index contributed by atoms with van der Waals surface area (Å²) >= 11 is 0. The molecule has 180 valence electrons. The second-order valence-electron chi connectivity index (χ2n) is 8.23. The largest absolute Gasteiger partial charge is 0.497 e. The van der Waals surface area contributed by atoms with Crippen LogP contribution in [0.5, 0.6) is 17.2 Å². The monoisotopic (exact) mass is 487 g/mol. The van der Waals surface area contributed by atoms with Crippen LogP contribution in [0.25, 0.3) is 0 Å². The average molecular weight is 488 g/mol. The van der Waals surface area contributed by atoms with Gasteiger partial charge in [-0.2, -0.15) is 4.31 Å². The summed E-state index contributed by atoms with van der Waals surface area (Å²) < 4.78 is 44.0. The summed E-state index contributed by atoms with van der Waals surface area (Å²) in [6, 6.07) is 10.8. The van der Waals surface area contributed by atoms with E-state index in [1.54, 1.807) is 30.3 Å². The maximum Gasteiger partial charge on any atom is 0.251 e. The molecule has 2 amide bonds. The predicted octanol–water partition coefficient (Wildman–Crippen LogP) is 1.10. The molecule has 0 bridgehead atoms. The molecule has 0 saturated carbocycles. The second-order valence-corrected chi connectivity index (χ2v) is 10.2. The molecule has 3 heterocycles. The Bertz CT molecular complexity index is 1220. The molecule has 1 atom stereocenters. The lowest BCUT2D eigenvalue weighted by Gasteiger charge is -2.36. The van der Waals surface area contributed by atoms with Gasteiger partial charge in [0.25, 0.3) is 5.91 Å². The Morgan fingerprint density at radius 1 is 0.941 bits per heavy atom. The maximum atomic E-state index is 13.2. The highest BCUT2D eigenvalue weighted by atomic mass is 32.2. The number of piperazine rings is 1. The molecule has 0 aliphatic carbocycles. The van der Waals surface area contributed by atoms with Crippen LogP contribution in [0.15, 0.2) is 47.4 Å². The van der Waals surface area contributed by atoms with E-state index in [0.717, 1.165) is 0 Å². The Kier molecular flexibility index (Phi) is 5.92. The zero-order valence-corrected chi connectivity index (χ0v) is 19.5. The van der Waals surface area contributed by atoms with Crippen molar-refractivity contribution in [1.29, 1.82) is 0 Å². The Morgan fingerprint density at radius 3 is 2.41 bits per heavy atom. The van der Waals surface area contributed by atoms with Gasteiger partial charge in [0.1, 0.15) is 19.0 Å². The lowest BCUT2D eigenvalue weighted by atomic mass is 10.2. The van der Waals surface area contributed by atoms with Gasteiger partial charge < -0.3 is 14.2 Å². The summed E-state index contributed by atoms with van der Waals surface area (Å²) in [5.41, 5.74) is 0.469. The summed E-state index contributed by atoms with van der Waals surface area (Å²) in [6.45, 7) is 1.93. The lowest BCUT2D eigenvalue weighted by Crippen LogP contribution is -2.53. The number of amides is 2. The fourth-order valence-electron chi connectivity index (χ4n) is 4.51. The van der Waals surface area contributed by atoms with E-state index in [9.17, 15) is 18.0 Å². The standard InChI is InChI=1S/C23H25N3O7S/c1-31-17-4-2-3-16(13-17)26-22(27)15-19(23(26)28)24-7-9-25(10-8-24)34(29,30)18-5-6-20-21(14-18)33-12-11-32-20/h2-6,13-14,19H,7-12,15H2,1H3. The molecule has 2 fully saturated rings. The Hall–Kier alpha value is -3.15. The van der Waals surface area contributed by atoms with Crippen LogP contribution in [0, 0.1) is 0 Å². The van der Waals surface area contributed by atoms with Gasteiger partial charge in [-0.1, -0.05) is 6.07 Å². The fourth-order valence-corrected chi connectivity index (χ4v) is 5.95. The Morgan fingerprint density at radius 2 is 1.68 bits per heavy atom. The highest BCUT2D eigenvalue weighted by molar-refractivity contribution is 7.89. The minimum atomic E-state index is -3.73. The lowest BCUT2D eigenvalue weighted by molar-refractivity contribution is -0.123. The molecular formula is C23H25N3O7S. The van der Waals surface area contributed by atoms with Crippen molar-refractivity contribution in [2.24, 2.45) is 0 Å². The van der Waals surface area contributed by atoms with Crippen molar-refractivity contribution in [2.45, 2.75) is 17.4 Å². The number of anilines is 1. The highest BCUT2D eigenvalue weighted by Crippen LogP contribution is 2.34. The van der Waals surface area contributed by atoms with Gasteiger partial charge >= 0.3 is 0 Å². The van der Waals surface area contributed by atoms with E-state index in [1.165, 1.54) is 28.4 Å². The van der Waals surface area contributed by atoms with Gasteiger partial charge in [-0.05, 0) is 24.3 Å². The first-order valence-electron chi connectivity index (χ1n) is 11.0. The van der Waals surface area contributed by atoms with Crippen LogP contribution in [-0.4, -0.2) is 82.0 Å². The molecule has 5 rings (SSSR count). The third kappa shape index (κ3) is 3.99. The third-order valence-electron chi connectivity index (χ3n) is 6.30. The normalized spacial score (nSPS) is 21.7. The van der Waals surface area contributed by atoms with Gasteiger partial charge in [-0.3, -0.25) is 14.5 Å². The summed E-state index contributed by atoms with van der Waals surface area (Å²) in [5, 5.41) is 0. The number of methoxy groups -OCH3 is 1. The van der Waals surface area contributed by atoms with Gasteiger partial charge in [0.2, 0.25) is 15.9 Å². The van der Waals surface area contributed by atoms with Gasteiger partial charge in [0.05, 0.1) is 30.2 Å². The van der Waals surface area contributed by atoms with E-state index in [-0.39, 0.29) is 36.2 Å². The van der Waals surface area contributed by atoms with Crippen molar-refractivity contribution in [3.63, 3.8) is 0 Å². The molecule has 2 aromatic carbocycles. The zero-order chi connectivity index (χ0) is 23.9. The first-order valence-corrected chi connectivity index (χ1v) is 12.5. The molecule has 3 aliphatic rings. The van der Waals surface area contributed by atoms with E-state index < -0.39 is 16.1 Å². The van der Waals surface area contributed by atoms with Crippen molar-refractivity contribution < 1.29 is 32.2 Å². The minimum absolute atomic E-state index is 0.0605. The summed E-state index contributed by atoms with van der Waals surface area (Å²) in [5.74, 6) is 0.911. The molecule has 34 heavy (non-hydrogen) atoms. The highest BCUT2D eigenvalue weighted by Gasteiger charge is 2.44. The third-order valence-corrected chi connectivity index (χ3v) is 8.19. The molecular weight excluding hydrogens is 462 g/mol. The first-order chi connectivity index (χ1) is 16.4. The van der Waals surface area contributed by atoms with E-state index in [1.807, 2.05) is 4.90 Å². The minimum Gasteiger partial charge on any atom is -0.497 e. The van der Waals surface area contributed by atoms with Gasteiger partial charge in [-0.15, -0.1) is 0 Å². The molecule has 1 unspecified atom stereocenters. The number of carbonyl (C=O) groups excluding carboxylic acids is 2. The second kappa shape index (κ2) is 8.90. The average Bonchev–Trinajstić information content (AvgIpc) is 3.17. The smallest absolute Gasteiger partial charge is 0.251 e. The number of hydrogen-bond acceptors (Lipinski definition) is 8. The van der Waals surface area contributed by atoms with Crippen LogP contribution in [-0.2, 0) is 19.6 Å². The molecule has 10 nitrogen and oxygen atoms in total. The van der Waals surface area contributed by atoms with Crippen molar-refractivity contribution in [2.75, 3.05) is 51.4 Å². The summed E-state index contributed by atoms with van der Waals surface area (Å²) in [4.78, 5) is 29.0. The van der Waals surface area contributed by atoms with Gasteiger partial charge in [0, 0.05) is 38.3 Å². The number of imide groups is 1. The van der Waals surface area contributed by atoms with Crippen LogP contribution < -0.4 is 19.1 Å². The van der Waals surface area contributed by atoms with Crippen LogP contribution in [0.4, 0.5) is 5.69 Å². The summed E-state index contributed by atoms with van der Waals surface area (Å²) in [7, 11) is -2.21. The van der Waals surface area contributed by atoms with E-state index >= 15 is 0 Å². The quantitative estimate of drug-likeness (QED) is 0.578. The molecule has 11 heteroatoms. The molecule has 0 spiro atoms. The van der Waals surface area contributed by atoms with E-state index in [0.29, 0.717) is 49.2 Å². The zero-order valence-electron chi connectivity index (χ0n) is 18.7. The molecule has 0 N–H and O–H groups in total. The Labute approximate surface area is 197 Å². The number of sulfonamides is 1. The fraction of sp³-hybridized carbons (Fsp3) is 0.391. The van der Waals surface area contributed by atoms with Crippen molar-refractivity contribution in [3.05, 3.63) is 42.5 Å². The Balaban J connectivity index is 1.27. The number of nitrogens with zero attached hydrogens (tertiary/aromatic N) is 3. The molecule has 0 radical (unpaired) electrons. The number of hydrogen-bond donors (Lipinski definition) is 0. The van der Waals surface area contributed by atoms with Crippen LogP contribution >= 0.6 is 0 Å². The van der Waals surface area contributed by atoms with Gasteiger partial charge in [-0.25, -0.2) is 13.3 Å². The molecule has 2 aromatic rings. The van der Waals surface area contributed by atoms with Crippen LogP contribution in [0.2, 0.25) is 0 Å². The molecule has 0 aromatic heterocycles. The number of benzene rings is 2. The number of ether oxygens (including phenoxy) is 3. The number of rotatable bonds is 5. The SMILES string of the molecule is COc1cccc(N2C(=O)CC(N3CCN(S(=O)(=O)c4ccc5c(c4)OCCO5)CC3)C2=O)c1. The van der Waals surface area contributed by atoms with Crippen molar-refractivity contribution >= 4 is 27.5 Å². The van der Waals surface area contributed by atoms with Crippen LogP contribution in [0.1, 0.15) is 6.42 Å². The van der Waals surface area contributed by atoms with E-state index in [4.69, 9.17) is 14.2 Å². The van der Waals surface area contributed by atoms with Crippen LogP contribution in [0.3, 0.4) is 0 Å². The number of carbonyl (C=O) groups is 2. The van der Waals surface area contributed by atoms with Crippen molar-refractivity contribution in [1.82, 2.24) is 9.21 Å². The van der Waals surface area contributed by atoms with Crippen molar-refractivity contribution in [3.8, 4) is 17.2 Å². The molecule has 3 aliphatic heterocycles. The first kappa shape index (κ1) is 22.6. The maximum absolute atomic E-state index is 13.2. The topological polar surface area (TPSA) is 106 Å². The van der Waals surface area contributed by atoms with Gasteiger partial charge in [0.15, 0.2) is 11.5 Å². The molecule has 2 saturated heterocycles. The summed E-state index contributed by atoms with van der Waals surface area (Å²) in [6.07, 6.45) is 0.0605. The van der Waals surface area contributed by atoms with E-state index in [2.05, 4.69) is 0 Å². The predicted molar refractivity (Wildman–Crippen MR) is 122 cm³/mol.